The Hall–Kier alpha value is -4.40. The van der Waals surface area contributed by atoms with E-state index in [1.165, 1.54) is 0 Å². The van der Waals surface area contributed by atoms with Gasteiger partial charge in [-0.3, -0.25) is 0 Å². The van der Waals surface area contributed by atoms with Crippen molar-refractivity contribution in [2.75, 3.05) is 24.7 Å². The van der Waals surface area contributed by atoms with E-state index in [0.29, 0.717) is 11.5 Å². The molecule has 0 aromatic heterocycles. The fraction of sp³-hybridized carbons (Fsp3) is 0.167. The van der Waals surface area contributed by atoms with Crippen molar-refractivity contribution in [1.82, 2.24) is 0 Å². The molecule has 0 aliphatic heterocycles. The van der Waals surface area contributed by atoms with Crippen molar-refractivity contribution in [1.29, 1.82) is 0 Å². The highest BCUT2D eigenvalue weighted by Gasteiger charge is 2.06. The number of hydrogen-bond donors (Lipinski definition) is 2. The maximum absolute atomic E-state index is 10.7. The summed E-state index contributed by atoms with van der Waals surface area (Å²) in [4.78, 5) is 23.6. The maximum Gasteiger partial charge on any atom is 0.341 e. The SMILES string of the molecule is Cc1cc(SCC=Cc2ccc(-c3ccc(C=CCSc4ccc(OCC(=O)O)c(C)c4)cc3)cc2)ccc1OCC(=O)O. The van der Waals surface area contributed by atoms with Crippen LogP contribution < -0.4 is 9.47 Å². The average Bonchev–Trinajstić information content (AvgIpc) is 3.01. The third-order valence-corrected chi connectivity index (χ3v) is 8.36. The van der Waals surface area contributed by atoms with Crippen LogP contribution >= 0.6 is 23.5 Å². The molecule has 0 atom stereocenters. The van der Waals surface area contributed by atoms with E-state index in [2.05, 4.69) is 72.8 Å². The maximum atomic E-state index is 10.7. The second-order valence-electron chi connectivity index (χ2n) is 9.89. The quantitative estimate of drug-likeness (QED) is 0.127. The van der Waals surface area contributed by atoms with Crippen LogP contribution in [0, 0.1) is 13.8 Å². The van der Waals surface area contributed by atoms with Crippen molar-refractivity contribution in [3.63, 3.8) is 0 Å². The Morgan fingerprint density at radius 1 is 0.614 bits per heavy atom. The minimum absolute atomic E-state index is 0.341. The minimum Gasteiger partial charge on any atom is -0.482 e. The Labute approximate surface area is 266 Å². The van der Waals surface area contributed by atoms with Crippen LogP contribution in [0.5, 0.6) is 11.5 Å². The van der Waals surface area contributed by atoms with E-state index >= 15 is 0 Å². The number of ether oxygens (including phenoxy) is 2. The summed E-state index contributed by atoms with van der Waals surface area (Å²) in [5.41, 5.74) is 6.43. The average molecular weight is 627 g/mol. The fourth-order valence-electron chi connectivity index (χ4n) is 4.26. The summed E-state index contributed by atoms with van der Waals surface area (Å²) < 4.78 is 10.6. The van der Waals surface area contributed by atoms with E-state index in [0.717, 1.165) is 54.7 Å². The fourth-order valence-corrected chi connectivity index (χ4v) is 5.88. The molecule has 0 aliphatic carbocycles. The molecule has 0 fully saturated rings. The van der Waals surface area contributed by atoms with Gasteiger partial charge in [-0.25, -0.2) is 9.59 Å². The number of carboxylic acids is 2. The summed E-state index contributed by atoms with van der Waals surface area (Å²) in [5.74, 6) is 0.850. The van der Waals surface area contributed by atoms with Gasteiger partial charge in [0.15, 0.2) is 13.2 Å². The molecule has 0 saturated heterocycles. The highest BCUT2D eigenvalue weighted by Crippen LogP contribution is 2.28. The van der Waals surface area contributed by atoms with E-state index in [4.69, 9.17) is 19.7 Å². The number of benzene rings is 4. The lowest BCUT2D eigenvalue weighted by Gasteiger charge is -2.08. The largest absolute Gasteiger partial charge is 0.482 e. The number of rotatable bonds is 15. The van der Waals surface area contributed by atoms with Gasteiger partial charge in [-0.1, -0.05) is 72.8 Å². The molecule has 226 valence electrons. The molecular weight excluding hydrogens is 593 g/mol. The molecule has 4 aromatic carbocycles. The first-order valence-electron chi connectivity index (χ1n) is 14.0. The highest BCUT2D eigenvalue weighted by molar-refractivity contribution is 7.99. The van der Waals surface area contributed by atoms with Crippen LogP contribution in [0.3, 0.4) is 0 Å². The van der Waals surface area contributed by atoms with Gasteiger partial charge in [-0.2, -0.15) is 0 Å². The van der Waals surface area contributed by atoms with E-state index in [1.807, 2.05) is 50.2 Å². The zero-order valence-electron chi connectivity index (χ0n) is 24.6. The Bertz CT molecular complexity index is 1500. The van der Waals surface area contributed by atoms with Crippen molar-refractivity contribution < 1.29 is 29.3 Å². The zero-order chi connectivity index (χ0) is 31.3. The summed E-state index contributed by atoms with van der Waals surface area (Å²) in [7, 11) is 0. The number of carbonyl (C=O) groups is 2. The molecule has 0 heterocycles. The summed E-state index contributed by atoms with van der Waals surface area (Å²) in [6.07, 6.45) is 8.50. The van der Waals surface area contributed by atoms with Gasteiger partial charge in [0.2, 0.25) is 0 Å². The Balaban J connectivity index is 1.22. The first-order chi connectivity index (χ1) is 21.3. The van der Waals surface area contributed by atoms with Gasteiger partial charge < -0.3 is 19.7 Å². The van der Waals surface area contributed by atoms with E-state index in [1.54, 1.807) is 23.5 Å². The van der Waals surface area contributed by atoms with Crippen molar-refractivity contribution in [2.45, 2.75) is 23.6 Å². The van der Waals surface area contributed by atoms with Gasteiger partial charge in [-0.05, 0) is 83.6 Å². The molecule has 0 bridgehead atoms. The summed E-state index contributed by atoms with van der Waals surface area (Å²) >= 11 is 3.42. The first kappa shape index (κ1) is 32.5. The predicted octanol–water partition coefficient (Wildman–Crippen LogP) is 8.51. The molecule has 8 heteroatoms. The third kappa shape index (κ3) is 10.4. The molecule has 44 heavy (non-hydrogen) atoms. The van der Waals surface area contributed by atoms with Crippen molar-refractivity contribution in [2.24, 2.45) is 0 Å². The first-order valence-corrected chi connectivity index (χ1v) is 15.9. The van der Waals surface area contributed by atoms with Crippen molar-refractivity contribution in [3.8, 4) is 22.6 Å². The van der Waals surface area contributed by atoms with Gasteiger partial charge in [0.1, 0.15) is 11.5 Å². The van der Waals surface area contributed by atoms with E-state index < -0.39 is 11.9 Å². The van der Waals surface area contributed by atoms with E-state index in [9.17, 15) is 9.59 Å². The Kier molecular flexibility index (Phi) is 12.2. The normalized spacial score (nSPS) is 11.2. The number of hydrogen-bond acceptors (Lipinski definition) is 6. The second-order valence-corrected chi connectivity index (χ2v) is 12.1. The zero-order valence-corrected chi connectivity index (χ0v) is 26.2. The number of carboxylic acid groups (broad SMARTS) is 2. The number of thioether (sulfide) groups is 2. The van der Waals surface area contributed by atoms with Crippen LogP contribution in [0.1, 0.15) is 22.3 Å². The monoisotopic (exact) mass is 626 g/mol. The lowest BCUT2D eigenvalue weighted by molar-refractivity contribution is -0.140. The molecule has 4 aromatic rings. The molecule has 0 saturated carbocycles. The highest BCUT2D eigenvalue weighted by atomic mass is 32.2. The van der Waals surface area contributed by atoms with E-state index in [-0.39, 0.29) is 13.2 Å². The van der Waals surface area contributed by atoms with Gasteiger partial charge in [-0.15, -0.1) is 23.5 Å². The molecule has 2 N–H and O–H groups in total. The third-order valence-electron chi connectivity index (χ3n) is 6.46. The molecular formula is C36H34O6S2. The molecule has 0 aliphatic rings. The van der Waals surface area contributed by atoms with Gasteiger partial charge in [0.05, 0.1) is 0 Å². The summed E-state index contributed by atoms with van der Waals surface area (Å²) in [5, 5.41) is 17.6. The second kappa shape index (κ2) is 16.4. The molecule has 0 unspecified atom stereocenters. The molecule has 0 amide bonds. The lowest BCUT2D eigenvalue weighted by atomic mass is 10.0. The topological polar surface area (TPSA) is 93.1 Å². The van der Waals surface area contributed by atoms with Crippen LogP contribution in [0.4, 0.5) is 0 Å². The molecule has 0 spiro atoms. The van der Waals surface area contributed by atoms with Gasteiger partial charge in [0.25, 0.3) is 0 Å². The molecule has 0 radical (unpaired) electrons. The van der Waals surface area contributed by atoms with Crippen LogP contribution in [0.15, 0.2) is 107 Å². The lowest BCUT2D eigenvalue weighted by Crippen LogP contribution is -2.09. The van der Waals surface area contributed by atoms with Crippen LogP contribution in [0.25, 0.3) is 23.3 Å². The summed E-state index contributed by atoms with van der Waals surface area (Å²) in [6, 6.07) is 28.6. The standard InChI is InChI=1S/C36H34O6S2/c1-25-21-31(15-17-33(25)41-23-35(37)38)43-19-3-5-27-7-11-29(12-8-27)30-13-9-28(10-14-30)6-4-20-44-32-16-18-34(26(2)22-32)42-24-36(39)40/h3-18,21-22H,19-20,23-24H2,1-2H3,(H,37,38)(H,39,40). The van der Waals surface area contributed by atoms with Gasteiger partial charge >= 0.3 is 11.9 Å². The Morgan fingerprint density at radius 2 is 1.00 bits per heavy atom. The summed E-state index contributed by atoms with van der Waals surface area (Å²) in [6.45, 7) is 3.15. The van der Waals surface area contributed by atoms with Crippen LogP contribution in [-0.2, 0) is 9.59 Å². The predicted molar refractivity (Wildman–Crippen MR) is 180 cm³/mol. The number of aliphatic carboxylic acids is 2. The Morgan fingerprint density at radius 3 is 1.34 bits per heavy atom. The van der Waals surface area contributed by atoms with Crippen LogP contribution in [-0.4, -0.2) is 46.9 Å². The van der Waals surface area contributed by atoms with Gasteiger partial charge in [0, 0.05) is 21.3 Å². The molecule has 4 rings (SSSR count). The van der Waals surface area contributed by atoms with Crippen molar-refractivity contribution >= 4 is 47.6 Å². The molecule has 6 nitrogen and oxygen atoms in total. The number of aryl methyl sites for hydroxylation is 2. The van der Waals surface area contributed by atoms with Crippen molar-refractivity contribution in [3.05, 3.63) is 119 Å². The van der Waals surface area contributed by atoms with Crippen LogP contribution in [0.2, 0.25) is 0 Å². The minimum atomic E-state index is -0.987. The smallest absolute Gasteiger partial charge is 0.341 e.